The Balaban J connectivity index is 1.85. The Bertz CT molecular complexity index is 840. The number of nitrogens with one attached hydrogen (secondary N) is 1. The molecule has 0 spiro atoms. The molecule has 28 heavy (non-hydrogen) atoms. The van der Waals surface area contributed by atoms with Crippen LogP contribution in [0.5, 0.6) is 0 Å². The van der Waals surface area contributed by atoms with Crippen molar-refractivity contribution < 1.29 is 29.2 Å². The zero-order valence-corrected chi connectivity index (χ0v) is 15.3. The topological polar surface area (TPSA) is 139 Å². The van der Waals surface area contributed by atoms with E-state index in [2.05, 4.69) is 10.1 Å². The summed E-state index contributed by atoms with van der Waals surface area (Å²) in [5.41, 5.74) is -0.813. The molecular weight excluding hydrogens is 370 g/mol. The average Bonchev–Trinajstić information content (AvgIpc) is 3.23. The fraction of sp³-hybridized carbons (Fsp3) is 0.500. The van der Waals surface area contributed by atoms with Crippen molar-refractivity contribution in [2.24, 2.45) is 11.3 Å². The highest BCUT2D eigenvalue weighted by atomic mass is 16.6. The van der Waals surface area contributed by atoms with Crippen molar-refractivity contribution in [2.45, 2.75) is 19.3 Å². The first-order valence-corrected chi connectivity index (χ1v) is 8.90. The van der Waals surface area contributed by atoms with Crippen molar-refractivity contribution in [3.05, 3.63) is 33.9 Å². The molecule has 1 saturated heterocycles. The smallest absolute Gasteiger partial charge is 0.325 e. The van der Waals surface area contributed by atoms with Crippen LogP contribution in [-0.2, 0) is 14.3 Å². The van der Waals surface area contributed by atoms with Crippen molar-refractivity contribution in [3.8, 4) is 0 Å². The summed E-state index contributed by atoms with van der Waals surface area (Å²) in [7, 11) is 1.18. The maximum Gasteiger partial charge on any atom is 0.325 e. The predicted octanol–water partition coefficient (Wildman–Crippen LogP) is 1.19. The van der Waals surface area contributed by atoms with E-state index in [1.54, 1.807) is 4.90 Å². The molecule has 1 amide bonds. The number of nitro benzene ring substituents is 1. The number of ether oxygens (including phenoxy) is 1. The van der Waals surface area contributed by atoms with Gasteiger partial charge >= 0.3 is 11.9 Å². The van der Waals surface area contributed by atoms with Gasteiger partial charge in [-0.05, 0) is 30.9 Å². The molecule has 10 nitrogen and oxygen atoms in total. The lowest BCUT2D eigenvalue weighted by Crippen LogP contribution is -2.35. The summed E-state index contributed by atoms with van der Waals surface area (Å²) in [6.07, 6.45) is 2.18. The summed E-state index contributed by atoms with van der Waals surface area (Å²) in [6, 6.07) is 4.03. The number of carbonyl (C=O) groups excluding carboxylic acids is 2. The molecule has 2 atom stereocenters. The van der Waals surface area contributed by atoms with Crippen LogP contribution in [-0.4, -0.2) is 54.6 Å². The van der Waals surface area contributed by atoms with E-state index in [0.717, 1.165) is 18.9 Å². The van der Waals surface area contributed by atoms with Gasteiger partial charge in [-0.25, -0.2) is 0 Å². The number of aliphatic carboxylic acids is 1. The van der Waals surface area contributed by atoms with Crippen molar-refractivity contribution in [1.29, 1.82) is 0 Å². The molecule has 1 aromatic rings. The first kappa shape index (κ1) is 19.6. The molecule has 0 bridgehead atoms. The quantitative estimate of drug-likeness (QED) is 0.419. The van der Waals surface area contributed by atoms with E-state index >= 15 is 0 Å². The highest BCUT2D eigenvalue weighted by molar-refractivity contribution is 5.97. The summed E-state index contributed by atoms with van der Waals surface area (Å²) >= 11 is 0. The van der Waals surface area contributed by atoms with E-state index in [-0.39, 0.29) is 30.3 Å². The largest absolute Gasteiger partial charge is 0.481 e. The number of fused-ring (bicyclic) bond motifs is 1. The molecule has 1 aromatic carbocycles. The van der Waals surface area contributed by atoms with Crippen LogP contribution in [0.15, 0.2) is 18.2 Å². The van der Waals surface area contributed by atoms with Gasteiger partial charge in [0.2, 0.25) is 0 Å². The summed E-state index contributed by atoms with van der Waals surface area (Å²) in [5, 5.41) is 23.6. The SMILES string of the molecule is COC(=O)CNC(=O)c1ccc(N2C[C@@H]3CCC[C@@]3(C(=O)O)C2)c([N+](=O)[O-])c1. The number of benzene rings is 1. The van der Waals surface area contributed by atoms with Crippen LogP contribution in [0.2, 0.25) is 0 Å². The third kappa shape index (κ3) is 3.37. The van der Waals surface area contributed by atoms with Crippen molar-refractivity contribution in [2.75, 3.05) is 31.6 Å². The van der Waals surface area contributed by atoms with E-state index < -0.39 is 28.2 Å². The summed E-state index contributed by atoms with van der Waals surface area (Å²) < 4.78 is 4.43. The minimum atomic E-state index is -0.871. The standard InChI is InChI=1S/C18H21N3O7/c1-28-15(22)8-19-16(23)11-4-5-13(14(7-11)21(26)27)20-9-12-3-2-6-18(12,10-20)17(24)25/h4-5,7,12H,2-3,6,8-10H2,1H3,(H,19,23)(H,24,25)/t12-,18+/m0/s1. The number of nitrogens with zero attached hydrogens (tertiary/aromatic N) is 2. The number of amides is 1. The zero-order chi connectivity index (χ0) is 20.5. The monoisotopic (exact) mass is 391 g/mol. The van der Waals surface area contributed by atoms with Gasteiger partial charge < -0.3 is 20.1 Å². The lowest BCUT2D eigenvalue weighted by atomic mass is 9.81. The highest BCUT2D eigenvalue weighted by Crippen LogP contribution is 2.50. The Labute approximate surface area is 160 Å². The Kier molecular flexibility index (Phi) is 5.21. The number of carboxylic acids is 1. The summed E-state index contributed by atoms with van der Waals surface area (Å²) in [5.74, 6) is -2.19. The molecule has 2 aliphatic rings. The molecule has 0 aromatic heterocycles. The van der Waals surface area contributed by atoms with Gasteiger partial charge in [0, 0.05) is 24.7 Å². The molecule has 3 rings (SSSR count). The van der Waals surface area contributed by atoms with Crippen molar-refractivity contribution in [3.63, 3.8) is 0 Å². The Morgan fingerprint density at radius 1 is 1.43 bits per heavy atom. The molecule has 150 valence electrons. The van der Waals surface area contributed by atoms with Crippen LogP contribution in [0.1, 0.15) is 29.6 Å². The predicted molar refractivity (Wildman–Crippen MR) is 97.1 cm³/mol. The van der Waals surface area contributed by atoms with Crippen molar-refractivity contribution in [1.82, 2.24) is 5.32 Å². The number of esters is 1. The lowest BCUT2D eigenvalue weighted by molar-refractivity contribution is -0.384. The number of rotatable bonds is 6. The maximum atomic E-state index is 12.1. The maximum absolute atomic E-state index is 12.1. The molecule has 1 saturated carbocycles. The molecule has 1 aliphatic carbocycles. The molecule has 2 fully saturated rings. The molecule has 0 radical (unpaired) electrons. The van der Waals surface area contributed by atoms with E-state index in [4.69, 9.17) is 0 Å². The van der Waals surface area contributed by atoms with Gasteiger partial charge in [0.15, 0.2) is 0 Å². The fourth-order valence-corrected chi connectivity index (χ4v) is 4.23. The number of hydrogen-bond donors (Lipinski definition) is 2. The van der Waals surface area contributed by atoms with Gasteiger partial charge in [0.1, 0.15) is 12.2 Å². The minimum Gasteiger partial charge on any atom is -0.481 e. The van der Waals surface area contributed by atoms with Gasteiger partial charge in [-0.2, -0.15) is 0 Å². The molecule has 1 heterocycles. The van der Waals surface area contributed by atoms with Crippen LogP contribution in [0.25, 0.3) is 0 Å². The summed E-state index contributed by atoms with van der Waals surface area (Å²) in [6.45, 7) is 0.294. The minimum absolute atomic E-state index is 0.0340. The second-order valence-electron chi connectivity index (χ2n) is 7.15. The first-order chi connectivity index (χ1) is 13.3. The third-order valence-corrected chi connectivity index (χ3v) is 5.69. The average molecular weight is 391 g/mol. The van der Waals surface area contributed by atoms with Gasteiger partial charge in [-0.3, -0.25) is 24.5 Å². The Morgan fingerprint density at radius 2 is 2.18 bits per heavy atom. The van der Waals surface area contributed by atoms with E-state index in [1.165, 1.54) is 19.2 Å². The molecule has 2 N–H and O–H groups in total. The van der Waals surface area contributed by atoms with E-state index in [9.17, 15) is 29.6 Å². The molecule has 0 unspecified atom stereocenters. The number of carbonyl (C=O) groups is 3. The van der Waals surface area contributed by atoms with Gasteiger partial charge in [-0.15, -0.1) is 0 Å². The van der Waals surface area contributed by atoms with Gasteiger partial charge in [0.25, 0.3) is 11.6 Å². The van der Waals surface area contributed by atoms with Crippen molar-refractivity contribution >= 4 is 29.2 Å². The van der Waals surface area contributed by atoms with Crippen LogP contribution in [0.3, 0.4) is 0 Å². The number of carboxylic acid groups (broad SMARTS) is 1. The number of hydrogen-bond acceptors (Lipinski definition) is 7. The van der Waals surface area contributed by atoms with Gasteiger partial charge in [0.05, 0.1) is 17.4 Å². The first-order valence-electron chi connectivity index (χ1n) is 8.90. The zero-order valence-electron chi connectivity index (χ0n) is 15.3. The van der Waals surface area contributed by atoms with E-state index in [1.807, 2.05) is 0 Å². The third-order valence-electron chi connectivity index (χ3n) is 5.69. The molecule has 1 aliphatic heterocycles. The number of methoxy groups -OCH3 is 1. The van der Waals surface area contributed by atoms with E-state index in [0.29, 0.717) is 18.7 Å². The van der Waals surface area contributed by atoms with Gasteiger partial charge in [-0.1, -0.05) is 6.42 Å². The van der Waals surface area contributed by atoms with Crippen LogP contribution in [0.4, 0.5) is 11.4 Å². The fourth-order valence-electron chi connectivity index (χ4n) is 4.23. The number of nitro groups is 1. The number of anilines is 1. The normalized spacial score (nSPS) is 23.2. The summed E-state index contributed by atoms with van der Waals surface area (Å²) in [4.78, 5) is 47.8. The Hall–Kier alpha value is -3.17. The Morgan fingerprint density at radius 3 is 2.79 bits per heavy atom. The lowest BCUT2D eigenvalue weighted by Gasteiger charge is -2.24. The second-order valence-corrected chi connectivity index (χ2v) is 7.15. The van der Waals surface area contributed by atoms with Crippen LogP contribution >= 0.6 is 0 Å². The second kappa shape index (κ2) is 7.45. The highest BCUT2D eigenvalue weighted by Gasteiger charge is 2.55. The molecular formula is C18H21N3O7. The molecule has 10 heteroatoms. The van der Waals surface area contributed by atoms with Crippen LogP contribution < -0.4 is 10.2 Å². The van der Waals surface area contributed by atoms with Crippen LogP contribution in [0, 0.1) is 21.4 Å².